The Morgan fingerprint density at radius 2 is 2.44 bits per heavy atom. The van der Waals surface area contributed by atoms with Gasteiger partial charge in [-0.05, 0) is 6.42 Å². The van der Waals surface area contributed by atoms with Crippen LogP contribution in [-0.4, -0.2) is 9.78 Å². The molecule has 0 radical (unpaired) electrons. The van der Waals surface area contributed by atoms with Gasteiger partial charge in [0.15, 0.2) is 4.80 Å². The molecule has 0 fully saturated rings. The number of rotatable bonds is 1. The summed E-state index contributed by atoms with van der Waals surface area (Å²) >= 11 is 1.43. The maximum absolute atomic E-state index is 7.26. The second-order valence-electron chi connectivity index (χ2n) is 1.78. The summed E-state index contributed by atoms with van der Waals surface area (Å²) in [7, 11) is 1.79. The van der Waals surface area contributed by atoms with Crippen LogP contribution in [-0.2, 0) is 13.5 Å². The van der Waals surface area contributed by atoms with Crippen LogP contribution in [0.25, 0.3) is 0 Å². The molecular formula is C5H9N3S. The van der Waals surface area contributed by atoms with E-state index in [-0.39, 0.29) is 0 Å². The number of hydrogen-bond donors (Lipinski definition) is 1. The van der Waals surface area contributed by atoms with Crippen molar-refractivity contribution in [3.8, 4) is 0 Å². The third kappa shape index (κ3) is 1.18. The molecule has 50 valence electrons. The van der Waals surface area contributed by atoms with Crippen molar-refractivity contribution >= 4 is 11.3 Å². The third-order valence-corrected chi connectivity index (χ3v) is 2.14. The lowest BCUT2D eigenvalue weighted by atomic mass is 10.5. The van der Waals surface area contributed by atoms with Crippen molar-refractivity contribution in [2.24, 2.45) is 7.05 Å². The van der Waals surface area contributed by atoms with Crippen molar-refractivity contribution in [2.45, 2.75) is 13.3 Å². The molecule has 1 rings (SSSR count). The van der Waals surface area contributed by atoms with E-state index in [2.05, 4.69) is 5.10 Å². The normalized spacial score (nSPS) is 10.0. The minimum absolute atomic E-state index is 0.520. The summed E-state index contributed by atoms with van der Waals surface area (Å²) < 4.78 is 1.59. The Morgan fingerprint density at radius 3 is 2.67 bits per heavy atom. The number of aryl methyl sites for hydroxylation is 2. The van der Waals surface area contributed by atoms with Crippen molar-refractivity contribution in [3.63, 3.8) is 0 Å². The van der Waals surface area contributed by atoms with E-state index in [0.29, 0.717) is 4.80 Å². The highest BCUT2D eigenvalue weighted by Crippen LogP contribution is 1.96. The van der Waals surface area contributed by atoms with Crippen molar-refractivity contribution in [2.75, 3.05) is 0 Å². The molecule has 0 bridgehead atoms. The smallest absolute Gasteiger partial charge is 0.199 e. The first kappa shape index (κ1) is 6.48. The van der Waals surface area contributed by atoms with Crippen molar-refractivity contribution in [1.29, 1.82) is 5.41 Å². The number of nitrogens with zero attached hydrogens (tertiary/aromatic N) is 2. The molecule has 0 spiro atoms. The predicted octanol–water partition coefficient (Wildman–Crippen LogP) is 0.523. The molecule has 1 aromatic heterocycles. The van der Waals surface area contributed by atoms with Crippen molar-refractivity contribution in [3.05, 3.63) is 9.81 Å². The minimum Gasteiger partial charge on any atom is -0.274 e. The average Bonchev–Trinajstić information content (AvgIpc) is 2.13. The van der Waals surface area contributed by atoms with Crippen LogP contribution in [0, 0.1) is 5.41 Å². The van der Waals surface area contributed by atoms with E-state index in [1.807, 2.05) is 6.92 Å². The first-order valence-corrected chi connectivity index (χ1v) is 3.63. The summed E-state index contributed by atoms with van der Waals surface area (Å²) in [6.45, 7) is 2.04. The van der Waals surface area contributed by atoms with E-state index in [1.165, 1.54) is 11.3 Å². The van der Waals surface area contributed by atoms with E-state index in [4.69, 9.17) is 5.41 Å². The Bertz CT molecular complexity index is 247. The van der Waals surface area contributed by atoms with Gasteiger partial charge in [0, 0.05) is 7.05 Å². The fourth-order valence-electron chi connectivity index (χ4n) is 0.554. The Labute approximate surface area is 57.5 Å². The lowest BCUT2D eigenvalue weighted by Gasteiger charge is -1.81. The Hall–Kier alpha value is -0.640. The van der Waals surface area contributed by atoms with Gasteiger partial charge in [-0.2, -0.15) is 5.10 Å². The van der Waals surface area contributed by atoms with Crippen LogP contribution in [0.5, 0.6) is 0 Å². The lowest BCUT2D eigenvalue weighted by Crippen LogP contribution is -2.08. The van der Waals surface area contributed by atoms with Gasteiger partial charge in [0.25, 0.3) is 0 Å². The molecule has 9 heavy (non-hydrogen) atoms. The van der Waals surface area contributed by atoms with Crippen LogP contribution in [0.15, 0.2) is 0 Å². The van der Waals surface area contributed by atoms with Crippen LogP contribution in [0.4, 0.5) is 0 Å². The predicted molar refractivity (Wildman–Crippen MR) is 36.3 cm³/mol. The molecular weight excluding hydrogens is 134 g/mol. The van der Waals surface area contributed by atoms with E-state index >= 15 is 0 Å². The minimum atomic E-state index is 0.520. The van der Waals surface area contributed by atoms with Gasteiger partial charge in [0.2, 0.25) is 0 Å². The molecule has 4 heteroatoms. The molecule has 0 aliphatic carbocycles. The van der Waals surface area contributed by atoms with Gasteiger partial charge < -0.3 is 0 Å². The molecule has 0 amide bonds. The van der Waals surface area contributed by atoms with Crippen LogP contribution < -0.4 is 4.80 Å². The van der Waals surface area contributed by atoms with E-state index in [0.717, 1.165) is 11.4 Å². The van der Waals surface area contributed by atoms with E-state index in [9.17, 15) is 0 Å². The molecule has 0 aromatic carbocycles. The lowest BCUT2D eigenvalue weighted by molar-refractivity contribution is 0.703. The topological polar surface area (TPSA) is 41.7 Å². The summed E-state index contributed by atoms with van der Waals surface area (Å²) in [5.74, 6) is 0. The zero-order chi connectivity index (χ0) is 6.85. The molecule has 0 saturated carbocycles. The Kier molecular flexibility index (Phi) is 1.66. The van der Waals surface area contributed by atoms with Gasteiger partial charge in [0.1, 0.15) is 5.01 Å². The van der Waals surface area contributed by atoms with Crippen LogP contribution in [0.3, 0.4) is 0 Å². The van der Waals surface area contributed by atoms with E-state index < -0.39 is 0 Å². The maximum atomic E-state index is 7.26. The summed E-state index contributed by atoms with van der Waals surface area (Å²) in [5.41, 5.74) is 0. The Morgan fingerprint density at radius 1 is 1.78 bits per heavy atom. The van der Waals surface area contributed by atoms with Crippen LogP contribution in [0.1, 0.15) is 11.9 Å². The summed E-state index contributed by atoms with van der Waals surface area (Å²) in [5, 5.41) is 12.4. The van der Waals surface area contributed by atoms with Crippen molar-refractivity contribution in [1.82, 2.24) is 9.78 Å². The third-order valence-electron chi connectivity index (χ3n) is 1.07. The highest BCUT2D eigenvalue weighted by Gasteiger charge is 1.94. The molecule has 0 aliphatic rings. The standard InChI is InChI=1S/C5H9N3S/c1-3-4-7-8(2)5(6)9-4/h6H,3H2,1-2H3. The largest absolute Gasteiger partial charge is 0.274 e. The van der Waals surface area contributed by atoms with Gasteiger partial charge in [-0.15, -0.1) is 0 Å². The first-order chi connectivity index (χ1) is 4.24. The quantitative estimate of drug-likeness (QED) is 0.612. The average molecular weight is 143 g/mol. The second kappa shape index (κ2) is 2.31. The molecule has 0 unspecified atom stereocenters. The highest BCUT2D eigenvalue weighted by atomic mass is 32.1. The van der Waals surface area contributed by atoms with Gasteiger partial charge >= 0.3 is 0 Å². The zero-order valence-corrected chi connectivity index (χ0v) is 6.33. The van der Waals surface area contributed by atoms with E-state index in [1.54, 1.807) is 11.7 Å². The fourth-order valence-corrected chi connectivity index (χ4v) is 1.26. The van der Waals surface area contributed by atoms with Gasteiger partial charge in [-0.25, -0.2) is 4.68 Å². The SMILES string of the molecule is CCc1nn(C)c(=N)s1. The highest BCUT2D eigenvalue weighted by molar-refractivity contribution is 7.08. The molecule has 0 aliphatic heterocycles. The monoisotopic (exact) mass is 143 g/mol. The molecule has 1 N–H and O–H groups in total. The Balaban J connectivity index is 3.13. The molecule has 0 atom stereocenters. The van der Waals surface area contributed by atoms with Gasteiger partial charge in [-0.3, -0.25) is 5.41 Å². The van der Waals surface area contributed by atoms with Gasteiger partial charge in [0.05, 0.1) is 0 Å². The summed E-state index contributed by atoms with van der Waals surface area (Å²) in [4.78, 5) is 0.520. The number of aromatic nitrogens is 2. The first-order valence-electron chi connectivity index (χ1n) is 2.81. The number of hydrogen-bond acceptors (Lipinski definition) is 3. The molecule has 0 saturated heterocycles. The molecule has 1 aromatic rings. The zero-order valence-electron chi connectivity index (χ0n) is 5.51. The fraction of sp³-hybridized carbons (Fsp3) is 0.600. The number of nitrogens with one attached hydrogen (secondary N) is 1. The molecule has 1 heterocycles. The molecule has 3 nitrogen and oxygen atoms in total. The van der Waals surface area contributed by atoms with Crippen molar-refractivity contribution < 1.29 is 0 Å². The summed E-state index contributed by atoms with van der Waals surface area (Å²) in [6, 6.07) is 0. The summed E-state index contributed by atoms with van der Waals surface area (Å²) in [6.07, 6.45) is 0.928. The van der Waals surface area contributed by atoms with Crippen LogP contribution in [0.2, 0.25) is 0 Å². The van der Waals surface area contributed by atoms with Gasteiger partial charge in [-0.1, -0.05) is 18.3 Å². The maximum Gasteiger partial charge on any atom is 0.199 e. The second-order valence-corrected chi connectivity index (χ2v) is 2.84. The van der Waals surface area contributed by atoms with Crippen LogP contribution >= 0.6 is 11.3 Å².